The first-order valence-corrected chi connectivity index (χ1v) is 14.5. The quantitative estimate of drug-likeness (QED) is 0.221. The molecule has 0 spiro atoms. The Morgan fingerprint density at radius 1 is 0.976 bits per heavy atom. The molecule has 1 atom stereocenters. The third-order valence-electron chi connectivity index (χ3n) is 8.02. The summed E-state index contributed by atoms with van der Waals surface area (Å²) in [4.78, 5) is 4.15. The van der Waals surface area contributed by atoms with Crippen LogP contribution in [0.1, 0.15) is 66.0 Å². The van der Waals surface area contributed by atoms with Crippen molar-refractivity contribution in [3.8, 4) is 28.7 Å². The molecule has 2 aliphatic carbocycles. The Kier molecular flexibility index (Phi) is 8.18. The zero-order chi connectivity index (χ0) is 28.2. The number of hydrogen-bond acceptors (Lipinski definition) is 5. The second-order valence-electron chi connectivity index (χ2n) is 10.7. The number of ether oxygens (including phenoxy) is 2. The number of fused-ring (bicyclic) bond motifs is 1. The van der Waals surface area contributed by atoms with E-state index in [1.165, 1.54) is 37.9 Å². The highest BCUT2D eigenvalue weighted by atomic mass is 35.5. The standard InChI is InChI=1S/C34H31ClFN3O2/c35-30-15-24(20-39-25-6-1-2-7-25)33(40-21-23-14-22(17-37)18-38-19-23)16-34(30)41-32-13-12-27-26(9-5-10-29(27)32)28-8-3-4-11-31(28)36/h3-5,8-11,14-16,18-19,25,32,39H,1-2,6-7,12-13,20-21H2/t32-/m0/s1. The molecule has 3 aromatic carbocycles. The summed E-state index contributed by atoms with van der Waals surface area (Å²) in [5, 5.41) is 13.4. The van der Waals surface area contributed by atoms with Gasteiger partial charge in [-0.05, 0) is 60.6 Å². The number of benzene rings is 3. The number of halogens is 2. The molecule has 6 rings (SSSR count). The summed E-state index contributed by atoms with van der Waals surface area (Å²) in [5.41, 5.74) is 5.92. The average molecular weight is 568 g/mol. The molecule has 1 N–H and O–H groups in total. The molecule has 0 bridgehead atoms. The third kappa shape index (κ3) is 6.07. The van der Waals surface area contributed by atoms with Gasteiger partial charge >= 0.3 is 0 Å². The molecule has 4 aromatic rings. The third-order valence-corrected chi connectivity index (χ3v) is 8.31. The smallest absolute Gasteiger partial charge is 0.142 e. The summed E-state index contributed by atoms with van der Waals surface area (Å²) in [6.07, 6.45) is 9.43. The fraction of sp³-hybridized carbons (Fsp3) is 0.294. The van der Waals surface area contributed by atoms with Gasteiger partial charge in [-0.1, -0.05) is 60.8 Å². The van der Waals surface area contributed by atoms with E-state index in [2.05, 4.69) is 22.4 Å². The highest BCUT2D eigenvalue weighted by Gasteiger charge is 2.28. The molecular weight excluding hydrogens is 537 g/mol. The predicted octanol–water partition coefficient (Wildman–Crippen LogP) is 8.09. The maximum absolute atomic E-state index is 14.6. The van der Waals surface area contributed by atoms with Crippen molar-refractivity contribution in [3.63, 3.8) is 0 Å². The highest BCUT2D eigenvalue weighted by molar-refractivity contribution is 6.32. The van der Waals surface area contributed by atoms with Gasteiger partial charge in [0.2, 0.25) is 0 Å². The van der Waals surface area contributed by atoms with Crippen molar-refractivity contribution in [1.82, 2.24) is 10.3 Å². The zero-order valence-electron chi connectivity index (χ0n) is 22.7. The van der Waals surface area contributed by atoms with Crippen molar-refractivity contribution in [2.75, 3.05) is 0 Å². The van der Waals surface area contributed by atoms with E-state index in [0.29, 0.717) is 40.2 Å². The summed E-state index contributed by atoms with van der Waals surface area (Å²) in [5.74, 6) is 0.993. The molecule has 0 radical (unpaired) electrons. The Balaban J connectivity index is 1.26. The molecule has 7 heteroatoms. The molecule has 0 aliphatic heterocycles. The average Bonchev–Trinajstić information content (AvgIpc) is 3.67. The van der Waals surface area contributed by atoms with Crippen LogP contribution >= 0.6 is 11.6 Å². The highest BCUT2D eigenvalue weighted by Crippen LogP contribution is 2.43. The maximum atomic E-state index is 14.6. The van der Waals surface area contributed by atoms with Crippen molar-refractivity contribution in [2.45, 2.75) is 63.8 Å². The first kappa shape index (κ1) is 27.3. The molecule has 0 saturated heterocycles. The first-order chi connectivity index (χ1) is 20.1. The van der Waals surface area contributed by atoms with Crippen LogP contribution in [0.5, 0.6) is 11.5 Å². The van der Waals surface area contributed by atoms with Crippen molar-refractivity contribution < 1.29 is 13.9 Å². The largest absolute Gasteiger partial charge is 0.488 e. The van der Waals surface area contributed by atoms with E-state index < -0.39 is 0 Å². The molecule has 0 unspecified atom stereocenters. The number of aromatic nitrogens is 1. The van der Waals surface area contributed by atoms with Crippen molar-refractivity contribution >= 4 is 11.6 Å². The van der Waals surface area contributed by atoms with E-state index in [1.54, 1.807) is 18.3 Å². The minimum atomic E-state index is -0.229. The Morgan fingerprint density at radius 2 is 1.80 bits per heavy atom. The van der Waals surface area contributed by atoms with E-state index >= 15 is 0 Å². The van der Waals surface area contributed by atoms with Gasteiger partial charge < -0.3 is 14.8 Å². The van der Waals surface area contributed by atoms with E-state index in [-0.39, 0.29) is 18.5 Å². The molecule has 41 heavy (non-hydrogen) atoms. The Bertz CT molecular complexity index is 1600. The van der Waals surface area contributed by atoms with Crippen LogP contribution in [-0.2, 0) is 19.6 Å². The SMILES string of the molecule is N#Cc1cncc(COc2cc(O[C@H]3CCc4c(-c5ccccc5F)cccc43)c(Cl)cc2CNC2CCCC2)c1. The van der Waals surface area contributed by atoms with Crippen LogP contribution in [0.25, 0.3) is 11.1 Å². The molecule has 2 aliphatic rings. The van der Waals surface area contributed by atoms with Crippen molar-refractivity contribution in [1.29, 1.82) is 5.26 Å². The van der Waals surface area contributed by atoms with Gasteiger partial charge in [-0.2, -0.15) is 5.26 Å². The van der Waals surface area contributed by atoms with Crippen LogP contribution < -0.4 is 14.8 Å². The molecule has 0 amide bonds. The second kappa shape index (κ2) is 12.3. The maximum Gasteiger partial charge on any atom is 0.142 e. The summed E-state index contributed by atoms with van der Waals surface area (Å²) in [7, 11) is 0. The van der Waals surface area contributed by atoms with E-state index in [4.69, 9.17) is 21.1 Å². The summed E-state index contributed by atoms with van der Waals surface area (Å²) >= 11 is 6.80. The number of hydrogen-bond donors (Lipinski definition) is 1. The van der Waals surface area contributed by atoms with Gasteiger partial charge in [-0.15, -0.1) is 0 Å². The van der Waals surface area contributed by atoms with Crippen LogP contribution in [-0.4, -0.2) is 11.0 Å². The number of rotatable bonds is 9. The monoisotopic (exact) mass is 567 g/mol. The molecule has 1 heterocycles. The molecule has 1 saturated carbocycles. The lowest BCUT2D eigenvalue weighted by atomic mass is 9.96. The van der Waals surface area contributed by atoms with Crippen molar-refractivity contribution in [2.24, 2.45) is 0 Å². The number of pyridine rings is 1. The normalized spacial score (nSPS) is 16.4. The van der Waals surface area contributed by atoms with Gasteiger partial charge in [0.15, 0.2) is 0 Å². The van der Waals surface area contributed by atoms with Gasteiger partial charge in [-0.3, -0.25) is 4.98 Å². The first-order valence-electron chi connectivity index (χ1n) is 14.1. The van der Waals surface area contributed by atoms with E-state index in [0.717, 1.165) is 40.7 Å². The fourth-order valence-electron chi connectivity index (χ4n) is 5.94. The van der Waals surface area contributed by atoms with Gasteiger partial charge in [0.25, 0.3) is 0 Å². The molecule has 1 fully saturated rings. The van der Waals surface area contributed by atoms with Gasteiger partial charge in [0.1, 0.15) is 36.1 Å². The lowest BCUT2D eigenvalue weighted by molar-refractivity contribution is 0.206. The summed E-state index contributed by atoms with van der Waals surface area (Å²) in [6, 6.07) is 21.0. The van der Waals surface area contributed by atoms with Crippen LogP contribution in [0.4, 0.5) is 4.39 Å². The lowest BCUT2D eigenvalue weighted by Crippen LogP contribution is -2.25. The Labute approximate surface area is 244 Å². The Hall–Kier alpha value is -3.92. The molecule has 208 valence electrons. The van der Waals surface area contributed by atoms with E-state index in [9.17, 15) is 9.65 Å². The molecule has 5 nitrogen and oxygen atoms in total. The van der Waals surface area contributed by atoms with Crippen LogP contribution in [0.2, 0.25) is 5.02 Å². The Morgan fingerprint density at radius 3 is 2.63 bits per heavy atom. The molecule has 1 aromatic heterocycles. The van der Waals surface area contributed by atoms with Crippen LogP contribution in [0.3, 0.4) is 0 Å². The number of nitrogens with zero attached hydrogens (tertiary/aromatic N) is 2. The second-order valence-corrected chi connectivity index (χ2v) is 11.1. The number of nitrogens with one attached hydrogen (secondary N) is 1. The lowest BCUT2D eigenvalue weighted by Gasteiger charge is -2.20. The van der Waals surface area contributed by atoms with Crippen LogP contribution in [0.15, 0.2) is 73.1 Å². The summed E-state index contributed by atoms with van der Waals surface area (Å²) in [6.45, 7) is 0.896. The van der Waals surface area contributed by atoms with Crippen molar-refractivity contribution in [3.05, 3.63) is 112 Å². The molecular formula is C34H31ClFN3O2. The van der Waals surface area contributed by atoms with Crippen LogP contribution in [0, 0.1) is 17.1 Å². The van der Waals surface area contributed by atoms with Gasteiger partial charge in [0, 0.05) is 47.7 Å². The predicted molar refractivity (Wildman–Crippen MR) is 157 cm³/mol. The summed E-state index contributed by atoms with van der Waals surface area (Å²) < 4.78 is 27.5. The topological polar surface area (TPSA) is 67.2 Å². The zero-order valence-corrected chi connectivity index (χ0v) is 23.5. The van der Waals surface area contributed by atoms with Gasteiger partial charge in [0.05, 0.1) is 10.6 Å². The minimum absolute atomic E-state index is 0.207. The van der Waals surface area contributed by atoms with E-state index in [1.807, 2.05) is 36.4 Å². The number of nitriles is 1. The fourth-order valence-corrected chi connectivity index (χ4v) is 6.17. The minimum Gasteiger partial charge on any atom is -0.488 e. The van der Waals surface area contributed by atoms with Gasteiger partial charge in [-0.25, -0.2) is 4.39 Å².